The molecule has 1 unspecified atom stereocenters. The Labute approximate surface area is 107 Å². The molecule has 0 spiro atoms. The van der Waals surface area contributed by atoms with Crippen LogP contribution in [0.2, 0.25) is 0 Å². The van der Waals surface area contributed by atoms with Crippen LogP contribution in [0.5, 0.6) is 0 Å². The maximum Gasteiger partial charge on any atom is 0.254 e. The average molecular weight is 250 g/mol. The third kappa shape index (κ3) is 2.88. The minimum atomic E-state index is -0.367. The maximum atomic E-state index is 13.1. The largest absolute Gasteiger partial charge is 0.336 e. The summed E-state index contributed by atoms with van der Waals surface area (Å²) >= 11 is 0. The number of likely N-dealkylation sites (tertiary alicyclic amines) is 1. The van der Waals surface area contributed by atoms with Gasteiger partial charge in [0, 0.05) is 18.2 Å². The van der Waals surface area contributed by atoms with Crippen molar-refractivity contribution in [2.75, 3.05) is 13.1 Å². The van der Waals surface area contributed by atoms with Gasteiger partial charge in [0.25, 0.3) is 5.91 Å². The molecule has 4 heteroatoms. The first-order valence-corrected chi connectivity index (χ1v) is 6.49. The number of hydrogen-bond donors (Lipinski definition) is 1. The first-order chi connectivity index (χ1) is 8.72. The Hall–Kier alpha value is -1.42. The van der Waals surface area contributed by atoms with Gasteiger partial charge in [0.05, 0.1) is 0 Å². The van der Waals surface area contributed by atoms with Crippen LogP contribution in [0, 0.1) is 5.82 Å². The molecule has 0 bridgehead atoms. The van der Waals surface area contributed by atoms with Gasteiger partial charge in [0.15, 0.2) is 0 Å². The Bertz CT molecular complexity index is 420. The van der Waals surface area contributed by atoms with Crippen molar-refractivity contribution in [3.63, 3.8) is 0 Å². The summed E-state index contributed by atoms with van der Waals surface area (Å²) in [6.45, 7) is 1.33. The quantitative estimate of drug-likeness (QED) is 0.893. The van der Waals surface area contributed by atoms with Crippen LogP contribution >= 0.6 is 0 Å². The van der Waals surface area contributed by atoms with Gasteiger partial charge in [-0.3, -0.25) is 4.79 Å². The van der Waals surface area contributed by atoms with Crippen molar-refractivity contribution in [2.24, 2.45) is 5.73 Å². The second kappa shape index (κ2) is 5.96. The molecule has 1 saturated heterocycles. The Morgan fingerprint density at radius 3 is 3.00 bits per heavy atom. The number of halogens is 1. The molecule has 0 radical (unpaired) electrons. The van der Waals surface area contributed by atoms with Crippen LogP contribution in [0.1, 0.15) is 36.0 Å². The van der Waals surface area contributed by atoms with E-state index in [-0.39, 0.29) is 17.8 Å². The molecular formula is C14H19FN2O. The van der Waals surface area contributed by atoms with Crippen LogP contribution in [0.3, 0.4) is 0 Å². The third-order valence-corrected chi connectivity index (χ3v) is 3.46. The van der Waals surface area contributed by atoms with E-state index in [1.165, 1.54) is 12.1 Å². The van der Waals surface area contributed by atoms with E-state index in [1.54, 1.807) is 12.1 Å². The van der Waals surface area contributed by atoms with Crippen molar-refractivity contribution >= 4 is 5.91 Å². The average Bonchev–Trinajstić information content (AvgIpc) is 2.39. The SMILES string of the molecule is NCCC1CCCCN1C(=O)c1cccc(F)c1. The number of carbonyl (C=O) groups excluding carboxylic acids is 1. The smallest absolute Gasteiger partial charge is 0.254 e. The fourth-order valence-corrected chi connectivity index (χ4v) is 2.55. The van der Waals surface area contributed by atoms with Crippen LogP contribution in [-0.4, -0.2) is 29.9 Å². The number of piperidine rings is 1. The molecule has 1 fully saturated rings. The monoisotopic (exact) mass is 250 g/mol. The lowest BCUT2D eigenvalue weighted by Gasteiger charge is -2.35. The Balaban J connectivity index is 2.15. The number of carbonyl (C=O) groups is 1. The minimum absolute atomic E-state index is 0.0762. The molecule has 1 aliphatic heterocycles. The van der Waals surface area contributed by atoms with Crippen molar-refractivity contribution in [1.29, 1.82) is 0 Å². The highest BCUT2D eigenvalue weighted by atomic mass is 19.1. The summed E-state index contributed by atoms with van der Waals surface area (Å²) in [4.78, 5) is 14.2. The van der Waals surface area contributed by atoms with Crippen molar-refractivity contribution in [2.45, 2.75) is 31.7 Å². The Kier molecular flexibility index (Phi) is 4.31. The van der Waals surface area contributed by atoms with E-state index in [9.17, 15) is 9.18 Å². The predicted molar refractivity (Wildman–Crippen MR) is 68.7 cm³/mol. The number of hydrogen-bond acceptors (Lipinski definition) is 2. The van der Waals surface area contributed by atoms with E-state index >= 15 is 0 Å². The number of nitrogens with zero attached hydrogens (tertiary/aromatic N) is 1. The van der Waals surface area contributed by atoms with E-state index < -0.39 is 0 Å². The fourth-order valence-electron chi connectivity index (χ4n) is 2.55. The molecule has 0 saturated carbocycles. The molecule has 1 aliphatic rings. The molecule has 1 amide bonds. The summed E-state index contributed by atoms with van der Waals surface area (Å²) in [7, 11) is 0. The van der Waals surface area contributed by atoms with Crippen LogP contribution in [0.15, 0.2) is 24.3 Å². The van der Waals surface area contributed by atoms with E-state index in [1.807, 2.05) is 4.90 Å². The first kappa shape index (κ1) is 13.0. The van der Waals surface area contributed by atoms with Gasteiger partial charge in [-0.25, -0.2) is 4.39 Å². The van der Waals surface area contributed by atoms with Crippen molar-refractivity contribution in [3.8, 4) is 0 Å². The second-order valence-corrected chi connectivity index (χ2v) is 4.74. The summed E-state index contributed by atoms with van der Waals surface area (Å²) in [5.41, 5.74) is 6.02. The predicted octanol–water partition coefficient (Wildman–Crippen LogP) is 2.17. The van der Waals surface area contributed by atoms with Crippen LogP contribution in [0.25, 0.3) is 0 Å². The standard InChI is InChI=1S/C14H19FN2O/c15-12-5-3-4-11(10-12)14(18)17-9-2-1-6-13(17)7-8-16/h3-5,10,13H,1-2,6-9,16H2. The maximum absolute atomic E-state index is 13.1. The lowest BCUT2D eigenvalue weighted by atomic mass is 9.98. The van der Waals surface area contributed by atoms with Gasteiger partial charge in [-0.05, 0) is 50.4 Å². The van der Waals surface area contributed by atoms with E-state index in [0.717, 1.165) is 32.2 Å². The Morgan fingerprint density at radius 2 is 2.28 bits per heavy atom. The molecule has 1 aromatic rings. The van der Waals surface area contributed by atoms with Crippen molar-refractivity contribution in [1.82, 2.24) is 4.90 Å². The third-order valence-electron chi connectivity index (χ3n) is 3.46. The molecular weight excluding hydrogens is 231 g/mol. The highest BCUT2D eigenvalue weighted by molar-refractivity contribution is 5.94. The van der Waals surface area contributed by atoms with Crippen molar-refractivity contribution in [3.05, 3.63) is 35.6 Å². The molecule has 2 rings (SSSR count). The summed E-state index contributed by atoms with van der Waals surface area (Å²) in [6.07, 6.45) is 3.97. The molecule has 1 heterocycles. The summed E-state index contributed by atoms with van der Waals surface area (Å²) < 4.78 is 13.1. The molecule has 98 valence electrons. The molecule has 1 aromatic carbocycles. The normalized spacial score (nSPS) is 19.9. The second-order valence-electron chi connectivity index (χ2n) is 4.74. The van der Waals surface area contributed by atoms with Gasteiger partial charge in [0.2, 0.25) is 0 Å². The van der Waals surface area contributed by atoms with E-state index in [4.69, 9.17) is 5.73 Å². The molecule has 0 aromatic heterocycles. The molecule has 0 aliphatic carbocycles. The summed E-state index contributed by atoms with van der Waals surface area (Å²) in [5, 5.41) is 0. The summed E-state index contributed by atoms with van der Waals surface area (Å²) in [5.74, 6) is -0.444. The van der Waals surface area contributed by atoms with Gasteiger partial charge in [-0.2, -0.15) is 0 Å². The van der Waals surface area contributed by atoms with Crippen molar-refractivity contribution < 1.29 is 9.18 Å². The highest BCUT2D eigenvalue weighted by Crippen LogP contribution is 2.21. The molecule has 3 nitrogen and oxygen atoms in total. The van der Waals surface area contributed by atoms with E-state index in [2.05, 4.69) is 0 Å². The van der Waals surface area contributed by atoms with Crippen LogP contribution in [0.4, 0.5) is 4.39 Å². The lowest BCUT2D eigenvalue weighted by Crippen LogP contribution is -2.44. The highest BCUT2D eigenvalue weighted by Gasteiger charge is 2.26. The van der Waals surface area contributed by atoms with Gasteiger partial charge < -0.3 is 10.6 Å². The van der Waals surface area contributed by atoms with Crippen LogP contribution < -0.4 is 5.73 Å². The number of benzene rings is 1. The van der Waals surface area contributed by atoms with Crippen LogP contribution in [-0.2, 0) is 0 Å². The lowest BCUT2D eigenvalue weighted by molar-refractivity contribution is 0.0604. The fraction of sp³-hybridized carbons (Fsp3) is 0.500. The zero-order valence-corrected chi connectivity index (χ0v) is 10.4. The number of rotatable bonds is 3. The zero-order valence-electron chi connectivity index (χ0n) is 10.4. The topological polar surface area (TPSA) is 46.3 Å². The number of amides is 1. The summed E-state index contributed by atoms with van der Waals surface area (Å²) in [6, 6.07) is 6.10. The molecule has 2 N–H and O–H groups in total. The van der Waals surface area contributed by atoms with E-state index in [0.29, 0.717) is 12.1 Å². The van der Waals surface area contributed by atoms with Gasteiger partial charge >= 0.3 is 0 Å². The minimum Gasteiger partial charge on any atom is -0.336 e. The number of nitrogens with two attached hydrogens (primary N) is 1. The van der Waals surface area contributed by atoms with Gasteiger partial charge in [-0.1, -0.05) is 6.07 Å². The Morgan fingerprint density at radius 1 is 1.44 bits per heavy atom. The molecule has 18 heavy (non-hydrogen) atoms. The first-order valence-electron chi connectivity index (χ1n) is 6.49. The zero-order chi connectivity index (χ0) is 13.0. The van der Waals surface area contributed by atoms with Gasteiger partial charge in [0.1, 0.15) is 5.82 Å². The molecule has 1 atom stereocenters. The van der Waals surface area contributed by atoms with Gasteiger partial charge in [-0.15, -0.1) is 0 Å².